The highest BCUT2D eigenvalue weighted by molar-refractivity contribution is 5.84. The number of hydrogen-bond donors (Lipinski definition) is 0. The zero-order chi connectivity index (χ0) is 10.0. The Bertz CT molecular complexity index is 328. The Morgan fingerprint density at radius 2 is 2.14 bits per heavy atom. The van der Waals surface area contributed by atoms with E-state index in [0.717, 1.165) is 5.56 Å². The first-order chi connectivity index (χ1) is 6.79. The lowest BCUT2D eigenvalue weighted by molar-refractivity contribution is -0.149. The minimum atomic E-state index is -0.808. The fourth-order valence-electron chi connectivity index (χ4n) is 1.43. The van der Waals surface area contributed by atoms with E-state index >= 15 is 0 Å². The fourth-order valence-corrected chi connectivity index (χ4v) is 1.43. The van der Waals surface area contributed by atoms with E-state index < -0.39 is 5.60 Å². The molecule has 0 aliphatic carbocycles. The van der Waals surface area contributed by atoms with Gasteiger partial charge in [-0.1, -0.05) is 30.3 Å². The van der Waals surface area contributed by atoms with Gasteiger partial charge in [-0.25, -0.2) is 4.79 Å². The SMILES string of the molecule is CCOC(=O)[C@]1(c2ccccc2)CO1. The van der Waals surface area contributed by atoms with Gasteiger partial charge >= 0.3 is 5.97 Å². The molecule has 1 fully saturated rings. The topological polar surface area (TPSA) is 38.8 Å². The largest absolute Gasteiger partial charge is 0.464 e. The maximum atomic E-state index is 11.6. The predicted molar refractivity (Wildman–Crippen MR) is 50.7 cm³/mol. The molecule has 0 spiro atoms. The molecule has 14 heavy (non-hydrogen) atoms. The van der Waals surface area contributed by atoms with Crippen LogP contribution in [0, 0.1) is 0 Å². The van der Waals surface area contributed by atoms with Gasteiger partial charge in [-0.3, -0.25) is 0 Å². The van der Waals surface area contributed by atoms with Crippen molar-refractivity contribution in [1.29, 1.82) is 0 Å². The van der Waals surface area contributed by atoms with Crippen LogP contribution in [0.25, 0.3) is 0 Å². The number of carbonyl (C=O) groups excluding carboxylic acids is 1. The van der Waals surface area contributed by atoms with E-state index in [1.165, 1.54) is 0 Å². The Hall–Kier alpha value is -1.35. The van der Waals surface area contributed by atoms with Gasteiger partial charge in [0.15, 0.2) is 0 Å². The molecule has 1 aliphatic heterocycles. The second-order valence-corrected chi connectivity index (χ2v) is 3.20. The maximum Gasteiger partial charge on any atom is 0.345 e. The van der Waals surface area contributed by atoms with Crippen LogP contribution < -0.4 is 0 Å². The first-order valence-corrected chi connectivity index (χ1v) is 4.66. The summed E-state index contributed by atoms with van der Waals surface area (Å²) in [6, 6.07) is 9.44. The molecule has 3 heteroatoms. The first kappa shape index (κ1) is 9.21. The molecule has 74 valence electrons. The van der Waals surface area contributed by atoms with Gasteiger partial charge in [0.1, 0.15) is 0 Å². The van der Waals surface area contributed by atoms with E-state index in [4.69, 9.17) is 9.47 Å². The summed E-state index contributed by atoms with van der Waals surface area (Å²) in [7, 11) is 0. The molecule has 0 bridgehead atoms. The van der Waals surface area contributed by atoms with Gasteiger partial charge in [0, 0.05) is 0 Å². The third-order valence-corrected chi connectivity index (χ3v) is 2.28. The molecular formula is C11H12O3. The lowest BCUT2D eigenvalue weighted by atomic mass is 10.0. The smallest absolute Gasteiger partial charge is 0.345 e. The molecule has 0 aromatic heterocycles. The highest BCUT2D eigenvalue weighted by Gasteiger charge is 2.55. The van der Waals surface area contributed by atoms with E-state index in [1.54, 1.807) is 6.92 Å². The highest BCUT2D eigenvalue weighted by Crippen LogP contribution is 2.39. The lowest BCUT2D eigenvalue weighted by Crippen LogP contribution is -2.24. The lowest BCUT2D eigenvalue weighted by Gasteiger charge is -2.10. The summed E-state index contributed by atoms with van der Waals surface area (Å²) in [5, 5.41) is 0. The second-order valence-electron chi connectivity index (χ2n) is 3.20. The van der Waals surface area contributed by atoms with Gasteiger partial charge in [0.25, 0.3) is 0 Å². The van der Waals surface area contributed by atoms with Crippen molar-refractivity contribution < 1.29 is 14.3 Å². The number of carbonyl (C=O) groups is 1. The Balaban J connectivity index is 2.21. The van der Waals surface area contributed by atoms with Crippen molar-refractivity contribution in [2.45, 2.75) is 12.5 Å². The van der Waals surface area contributed by atoms with E-state index in [2.05, 4.69) is 0 Å². The Morgan fingerprint density at radius 1 is 1.50 bits per heavy atom. The summed E-state index contributed by atoms with van der Waals surface area (Å²) in [6.45, 7) is 2.60. The molecule has 1 aliphatic rings. The minimum absolute atomic E-state index is 0.286. The molecule has 1 aromatic rings. The fraction of sp³-hybridized carbons (Fsp3) is 0.364. The van der Waals surface area contributed by atoms with Crippen LogP contribution in [0.15, 0.2) is 30.3 Å². The number of ether oxygens (including phenoxy) is 2. The second kappa shape index (κ2) is 3.42. The van der Waals surface area contributed by atoms with Crippen molar-refractivity contribution in [3.8, 4) is 0 Å². The minimum Gasteiger partial charge on any atom is -0.464 e. The quantitative estimate of drug-likeness (QED) is 0.537. The third kappa shape index (κ3) is 1.40. The average Bonchev–Trinajstić information content (AvgIpc) is 3.00. The van der Waals surface area contributed by atoms with Crippen molar-refractivity contribution >= 4 is 5.97 Å². The monoisotopic (exact) mass is 192 g/mol. The molecule has 0 amide bonds. The van der Waals surface area contributed by atoms with Gasteiger partial charge in [0.2, 0.25) is 5.60 Å². The number of benzene rings is 1. The van der Waals surface area contributed by atoms with Gasteiger partial charge in [-0.05, 0) is 12.5 Å². The average molecular weight is 192 g/mol. The molecule has 1 heterocycles. The van der Waals surface area contributed by atoms with Crippen LogP contribution in [0.5, 0.6) is 0 Å². The van der Waals surface area contributed by atoms with Gasteiger partial charge in [-0.2, -0.15) is 0 Å². The predicted octanol–water partition coefficient (Wildman–Crippen LogP) is 1.48. The number of rotatable bonds is 3. The summed E-state index contributed by atoms with van der Waals surface area (Å²) >= 11 is 0. The first-order valence-electron chi connectivity index (χ1n) is 4.66. The van der Waals surface area contributed by atoms with Crippen LogP contribution >= 0.6 is 0 Å². The van der Waals surface area contributed by atoms with E-state index in [0.29, 0.717) is 13.2 Å². The van der Waals surface area contributed by atoms with Crippen LogP contribution in [0.2, 0.25) is 0 Å². The van der Waals surface area contributed by atoms with Crippen molar-refractivity contribution in [1.82, 2.24) is 0 Å². The van der Waals surface area contributed by atoms with Crippen LogP contribution in [-0.4, -0.2) is 19.2 Å². The molecular weight excluding hydrogens is 180 g/mol. The zero-order valence-corrected chi connectivity index (χ0v) is 8.03. The third-order valence-electron chi connectivity index (χ3n) is 2.28. The summed E-state index contributed by atoms with van der Waals surface area (Å²) in [4.78, 5) is 11.6. The molecule has 0 radical (unpaired) electrons. The van der Waals surface area contributed by atoms with Gasteiger partial charge < -0.3 is 9.47 Å². The van der Waals surface area contributed by atoms with Crippen molar-refractivity contribution in [3.05, 3.63) is 35.9 Å². The van der Waals surface area contributed by atoms with Crippen LogP contribution in [0.4, 0.5) is 0 Å². The van der Waals surface area contributed by atoms with Crippen molar-refractivity contribution in [3.63, 3.8) is 0 Å². The van der Waals surface area contributed by atoms with Gasteiger partial charge in [0.05, 0.1) is 13.2 Å². The van der Waals surface area contributed by atoms with Crippen LogP contribution in [-0.2, 0) is 19.9 Å². The zero-order valence-electron chi connectivity index (χ0n) is 8.03. The molecule has 0 saturated carbocycles. The van der Waals surface area contributed by atoms with E-state index in [-0.39, 0.29) is 5.97 Å². The molecule has 2 rings (SSSR count). The number of esters is 1. The van der Waals surface area contributed by atoms with Gasteiger partial charge in [-0.15, -0.1) is 0 Å². The highest BCUT2D eigenvalue weighted by atomic mass is 16.6. The van der Waals surface area contributed by atoms with Crippen LogP contribution in [0.1, 0.15) is 12.5 Å². The Labute approximate surface area is 82.6 Å². The molecule has 1 aromatic carbocycles. The normalized spacial score (nSPS) is 24.4. The summed E-state index contributed by atoms with van der Waals surface area (Å²) in [6.07, 6.45) is 0. The molecule has 1 saturated heterocycles. The molecule has 0 N–H and O–H groups in total. The summed E-state index contributed by atoms with van der Waals surface area (Å²) in [5.41, 5.74) is 0.0653. The number of hydrogen-bond acceptors (Lipinski definition) is 3. The summed E-state index contributed by atoms with van der Waals surface area (Å²) < 4.78 is 10.2. The Kier molecular flexibility index (Phi) is 2.25. The van der Waals surface area contributed by atoms with E-state index in [1.807, 2.05) is 30.3 Å². The standard InChI is InChI=1S/C11H12O3/c1-2-13-10(12)11(8-14-11)9-6-4-3-5-7-9/h3-7H,2,8H2,1H3/t11-/m1/s1. The van der Waals surface area contributed by atoms with Crippen molar-refractivity contribution in [2.75, 3.05) is 13.2 Å². The molecule has 3 nitrogen and oxygen atoms in total. The maximum absolute atomic E-state index is 11.6. The molecule has 0 unspecified atom stereocenters. The van der Waals surface area contributed by atoms with E-state index in [9.17, 15) is 4.79 Å². The van der Waals surface area contributed by atoms with Crippen molar-refractivity contribution in [2.24, 2.45) is 0 Å². The van der Waals surface area contributed by atoms with Crippen LogP contribution in [0.3, 0.4) is 0 Å². The Morgan fingerprint density at radius 3 is 2.64 bits per heavy atom. The summed E-state index contributed by atoms with van der Waals surface area (Å²) in [5.74, 6) is -0.286. The number of epoxide rings is 1. The molecule has 1 atom stereocenters.